The van der Waals surface area contributed by atoms with Crippen molar-refractivity contribution < 1.29 is 9.15 Å². The maximum Gasteiger partial charge on any atom is 0.336 e. The molecule has 4 rings (SSSR count). The Labute approximate surface area is 147 Å². The van der Waals surface area contributed by atoms with Gasteiger partial charge in [-0.1, -0.05) is 46.8 Å². The average molecular weight is 350 g/mol. The molecule has 0 amide bonds. The molecule has 0 spiro atoms. The number of rotatable bonds is 3. The molecule has 0 atom stereocenters. The zero-order valence-corrected chi connectivity index (χ0v) is 14.5. The van der Waals surface area contributed by atoms with Gasteiger partial charge < -0.3 is 9.15 Å². The number of nitrogens with zero attached hydrogens (tertiary/aromatic N) is 2. The Balaban J connectivity index is 1.71. The normalized spacial score (nSPS) is 11.0. The molecule has 0 radical (unpaired) electrons. The van der Waals surface area contributed by atoms with Crippen LogP contribution in [0.15, 0.2) is 57.7 Å². The van der Waals surface area contributed by atoms with Crippen molar-refractivity contribution in [3.63, 3.8) is 0 Å². The molecule has 0 N–H and O–H groups in total. The third-order valence-corrected chi connectivity index (χ3v) is 4.79. The summed E-state index contributed by atoms with van der Waals surface area (Å²) in [4.78, 5) is 11.7. The Morgan fingerprint density at radius 1 is 1.04 bits per heavy atom. The van der Waals surface area contributed by atoms with Gasteiger partial charge in [0.25, 0.3) is 5.19 Å². The highest BCUT2D eigenvalue weighted by molar-refractivity contribution is 7.16. The molecule has 4 aromatic rings. The van der Waals surface area contributed by atoms with Gasteiger partial charge in [0, 0.05) is 22.6 Å². The van der Waals surface area contributed by atoms with E-state index in [9.17, 15) is 4.79 Å². The van der Waals surface area contributed by atoms with Crippen LogP contribution in [0.1, 0.15) is 11.1 Å². The predicted octanol–water partition coefficient (Wildman–Crippen LogP) is 4.72. The fraction of sp³-hybridized carbons (Fsp3) is 0.105. The second-order valence-electron chi connectivity index (χ2n) is 5.66. The highest BCUT2D eigenvalue weighted by Crippen LogP contribution is 2.34. The quantitative estimate of drug-likeness (QED) is 0.500. The van der Waals surface area contributed by atoms with Gasteiger partial charge >= 0.3 is 5.63 Å². The third-order valence-electron chi connectivity index (χ3n) is 3.94. The van der Waals surface area contributed by atoms with Crippen molar-refractivity contribution in [2.24, 2.45) is 0 Å². The zero-order valence-electron chi connectivity index (χ0n) is 13.6. The standard InChI is InChI=1S/C19H14N2O3S/c1-11-10-16(22)24-17-12(2)15(9-8-14(11)17)23-19-21-20-18(25-19)13-6-4-3-5-7-13/h3-10H,1-2H3. The summed E-state index contributed by atoms with van der Waals surface area (Å²) in [6.07, 6.45) is 0. The number of aryl methyl sites for hydroxylation is 2. The molecular formula is C19H14N2O3S. The van der Waals surface area contributed by atoms with Crippen molar-refractivity contribution in [2.75, 3.05) is 0 Å². The van der Waals surface area contributed by atoms with Gasteiger partial charge in [0.05, 0.1) is 0 Å². The summed E-state index contributed by atoms with van der Waals surface area (Å²) in [5.41, 5.74) is 2.80. The maximum atomic E-state index is 11.7. The molecule has 0 saturated heterocycles. The van der Waals surface area contributed by atoms with Gasteiger partial charge in [-0.15, -0.1) is 5.10 Å². The largest absolute Gasteiger partial charge is 0.429 e. The minimum atomic E-state index is -0.368. The molecule has 0 aliphatic rings. The van der Waals surface area contributed by atoms with E-state index in [1.807, 2.05) is 56.3 Å². The van der Waals surface area contributed by atoms with E-state index in [0.717, 1.165) is 27.1 Å². The van der Waals surface area contributed by atoms with Gasteiger partial charge in [-0.25, -0.2) is 4.79 Å². The Bertz CT molecular complexity index is 1120. The highest BCUT2D eigenvalue weighted by Gasteiger charge is 2.13. The molecular weight excluding hydrogens is 336 g/mol. The molecule has 5 nitrogen and oxygen atoms in total. The molecule has 2 aromatic carbocycles. The number of fused-ring (bicyclic) bond motifs is 1. The van der Waals surface area contributed by atoms with Crippen molar-refractivity contribution in [3.8, 4) is 21.5 Å². The summed E-state index contributed by atoms with van der Waals surface area (Å²) in [5, 5.41) is 10.4. The van der Waals surface area contributed by atoms with Crippen LogP contribution in [0.2, 0.25) is 0 Å². The summed E-state index contributed by atoms with van der Waals surface area (Å²) >= 11 is 1.36. The molecule has 0 bridgehead atoms. The first-order chi connectivity index (χ1) is 12.1. The Hall–Kier alpha value is -2.99. The van der Waals surface area contributed by atoms with Crippen LogP contribution >= 0.6 is 11.3 Å². The fourth-order valence-corrected chi connectivity index (χ4v) is 3.37. The van der Waals surface area contributed by atoms with Gasteiger partial charge in [0.2, 0.25) is 0 Å². The molecule has 0 saturated carbocycles. The molecule has 0 aliphatic heterocycles. The second kappa shape index (κ2) is 6.14. The smallest absolute Gasteiger partial charge is 0.336 e. The van der Waals surface area contributed by atoms with Crippen LogP contribution in [-0.4, -0.2) is 10.2 Å². The van der Waals surface area contributed by atoms with E-state index in [0.29, 0.717) is 16.5 Å². The first-order valence-corrected chi connectivity index (χ1v) is 8.54. The molecule has 25 heavy (non-hydrogen) atoms. The van der Waals surface area contributed by atoms with Crippen LogP contribution < -0.4 is 10.4 Å². The number of aromatic nitrogens is 2. The molecule has 0 unspecified atom stereocenters. The first-order valence-electron chi connectivity index (χ1n) is 7.72. The van der Waals surface area contributed by atoms with Crippen molar-refractivity contribution in [2.45, 2.75) is 13.8 Å². The SMILES string of the molecule is Cc1cc(=O)oc2c(C)c(Oc3nnc(-c4ccccc4)s3)ccc12. The molecule has 124 valence electrons. The summed E-state index contributed by atoms with van der Waals surface area (Å²) in [7, 11) is 0. The highest BCUT2D eigenvalue weighted by atomic mass is 32.1. The summed E-state index contributed by atoms with van der Waals surface area (Å²) in [5.74, 6) is 0.594. The zero-order chi connectivity index (χ0) is 17.4. The monoisotopic (exact) mass is 350 g/mol. The number of benzene rings is 2. The van der Waals surface area contributed by atoms with E-state index < -0.39 is 0 Å². The van der Waals surface area contributed by atoms with Crippen molar-refractivity contribution in [3.05, 3.63) is 70.1 Å². The van der Waals surface area contributed by atoms with Crippen LogP contribution in [0, 0.1) is 13.8 Å². The molecule has 2 aromatic heterocycles. The van der Waals surface area contributed by atoms with Gasteiger partial charge in [-0.05, 0) is 31.5 Å². The lowest BCUT2D eigenvalue weighted by atomic mass is 10.1. The van der Waals surface area contributed by atoms with Crippen LogP contribution in [0.25, 0.3) is 21.5 Å². The van der Waals surface area contributed by atoms with E-state index in [1.165, 1.54) is 17.4 Å². The van der Waals surface area contributed by atoms with E-state index in [4.69, 9.17) is 9.15 Å². The first kappa shape index (κ1) is 15.5. The summed E-state index contributed by atoms with van der Waals surface area (Å²) in [6, 6.07) is 15.0. The Kier molecular flexibility index (Phi) is 3.82. The lowest BCUT2D eigenvalue weighted by Crippen LogP contribution is -1.99. The summed E-state index contributed by atoms with van der Waals surface area (Å²) < 4.78 is 11.2. The van der Waals surface area contributed by atoms with Crippen LogP contribution in [0.4, 0.5) is 0 Å². The van der Waals surface area contributed by atoms with E-state index in [1.54, 1.807) is 0 Å². The summed E-state index contributed by atoms with van der Waals surface area (Å²) in [6.45, 7) is 3.75. The van der Waals surface area contributed by atoms with Crippen molar-refractivity contribution in [1.29, 1.82) is 0 Å². The molecule has 2 heterocycles. The lowest BCUT2D eigenvalue weighted by Gasteiger charge is -2.08. The van der Waals surface area contributed by atoms with Crippen LogP contribution in [0.5, 0.6) is 10.9 Å². The second-order valence-corrected chi connectivity index (χ2v) is 6.60. The van der Waals surface area contributed by atoms with Crippen LogP contribution in [0.3, 0.4) is 0 Å². The number of hydrogen-bond acceptors (Lipinski definition) is 6. The maximum absolute atomic E-state index is 11.7. The number of hydrogen-bond donors (Lipinski definition) is 0. The van der Waals surface area contributed by atoms with Gasteiger partial charge in [0.1, 0.15) is 11.3 Å². The predicted molar refractivity (Wildman–Crippen MR) is 97.4 cm³/mol. The van der Waals surface area contributed by atoms with Gasteiger partial charge in [-0.3, -0.25) is 0 Å². The Morgan fingerprint density at radius 2 is 1.84 bits per heavy atom. The minimum Gasteiger partial charge on any atom is -0.429 e. The van der Waals surface area contributed by atoms with Crippen molar-refractivity contribution >= 4 is 22.3 Å². The topological polar surface area (TPSA) is 65.2 Å². The van der Waals surface area contributed by atoms with Gasteiger partial charge in [-0.2, -0.15) is 0 Å². The van der Waals surface area contributed by atoms with E-state index in [-0.39, 0.29) is 5.63 Å². The fourth-order valence-electron chi connectivity index (χ4n) is 2.65. The van der Waals surface area contributed by atoms with Crippen molar-refractivity contribution in [1.82, 2.24) is 10.2 Å². The Morgan fingerprint density at radius 3 is 2.64 bits per heavy atom. The van der Waals surface area contributed by atoms with Gasteiger partial charge in [0.15, 0.2) is 5.01 Å². The van der Waals surface area contributed by atoms with E-state index >= 15 is 0 Å². The molecule has 0 fully saturated rings. The molecule has 0 aliphatic carbocycles. The minimum absolute atomic E-state index is 0.368. The third kappa shape index (κ3) is 2.92. The molecule has 6 heteroatoms. The van der Waals surface area contributed by atoms with Crippen LogP contribution in [-0.2, 0) is 0 Å². The number of ether oxygens (including phenoxy) is 1. The average Bonchev–Trinajstić information content (AvgIpc) is 3.07. The van der Waals surface area contributed by atoms with E-state index in [2.05, 4.69) is 10.2 Å². The lowest BCUT2D eigenvalue weighted by molar-refractivity contribution is 0.467.